The molecule has 1 amide bonds. The topological polar surface area (TPSA) is 75.3 Å². The Morgan fingerprint density at radius 2 is 1.83 bits per heavy atom. The van der Waals surface area contributed by atoms with Crippen LogP contribution >= 0.6 is 0 Å². The number of hydrogen-bond acceptors (Lipinski definition) is 4. The van der Waals surface area contributed by atoms with Crippen LogP contribution in [-0.2, 0) is 21.2 Å². The highest BCUT2D eigenvalue weighted by atomic mass is 32.2. The molecule has 1 aromatic carbocycles. The monoisotopic (exact) mass is 268 g/mol. The molecule has 1 saturated heterocycles. The fourth-order valence-corrected chi connectivity index (χ4v) is 4.05. The normalized spacial score (nSPS) is 25.8. The van der Waals surface area contributed by atoms with Crippen molar-refractivity contribution in [1.82, 2.24) is 10.6 Å². The Balaban J connectivity index is 1.97. The van der Waals surface area contributed by atoms with Crippen molar-refractivity contribution in [3.05, 3.63) is 35.9 Å². The summed E-state index contributed by atoms with van der Waals surface area (Å²) in [6.07, 6.45) is 0.558. The summed E-state index contributed by atoms with van der Waals surface area (Å²) in [4.78, 5) is 10.5. The van der Waals surface area contributed by atoms with Crippen molar-refractivity contribution in [1.29, 1.82) is 0 Å². The summed E-state index contributed by atoms with van der Waals surface area (Å²) < 4.78 is 23.1. The van der Waals surface area contributed by atoms with Crippen molar-refractivity contribution in [2.75, 3.05) is 11.5 Å². The first-order valence-electron chi connectivity index (χ1n) is 5.78. The highest BCUT2D eigenvalue weighted by Gasteiger charge is 2.36. The fraction of sp³-hybridized carbons (Fsp3) is 0.417. The van der Waals surface area contributed by atoms with Crippen LogP contribution in [0.3, 0.4) is 0 Å². The zero-order chi connectivity index (χ0) is 13.0. The molecule has 1 aliphatic rings. The van der Waals surface area contributed by atoms with Crippen molar-refractivity contribution in [3.63, 3.8) is 0 Å². The molecule has 1 fully saturated rings. The van der Waals surface area contributed by atoms with Crippen molar-refractivity contribution in [3.8, 4) is 0 Å². The molecule has 18 heavy (non-hydrogen) atoms. The third-order valence-electron chi connectivity index (χ3n) is 3.05. The number of hydrogen-bond donors (Lipinski definition) is 2. The maximum absolute atomic E-state index is 11.5. The van der Waals surface area contributed by atoms with E-state index in [1.165, 1.54) is 0 Å². The van der Waals surface area contributed by atoms with Crippen LogP contribution in [0.1, 0.15) is 5.56 Å². The Morgan fingerprint density at radius 1 is 1.17 bits per heavy atom. The molecule has 0 aliphatic carbocycles. The molecular formula is C12H16N2O3S. The predicted octanol–water partition coefficient (Wildman–Crippen LogP) is -0.312. The van der Waals surface area contributed by atoms with E-state index in [0.29, 0.717) is 13.0 Å². The largest absolute Gasteiger partial charge is 0.353 e. The van der Waals surface area contributed by atoms with E-state index >= 15 is 0 Å². The number of sulfone groups is 1. The van der Waals surface area contributed by atoms with Gasteiger partial charge in [0, 0.05) is 12.6 Å². The van der Waals surface area contributed by atoms with Gasteiger partial charge < -0.3 is 10.6 Å². The zero-order valence-electron chi connectivity index (χ0n) is 9.87. The Labute approximate surface area is 107 Å². The second-order valence-corrected chi connectivity index (χ2v) is 6.59. The molecule has 0 unspecified atom stereocenters. The maximum Gasteiger partial charge on any atom is 0.207 e. The van der Waals surface area contributed by atoms with Crippen LogP contribution in [0, 0.1) is 0 Å². The smallest absolute Gasteiger partial charge is 0.207 e. The fourth-order valence-electron chi connectivity index (χ4n) is 2.15. The van der Waals surface area contributed by atoms with E-state index in [-0.39, 0.29) is 23.6 Å². The molecule has 1 aromatic rings. The molecule has 0 radical (unpaired) electrons. The van der Waals surface area contributed by atoms with Gasteiger partial charge in [-0.25, -0.2) is 8.42 Å². The molecule has 0 aromatic heterocycles. The third kappa shape index (κ3) is 3.30. The molecule has 0 spiro atoms. The van der Waals surface area contributed by atoms with Gasteiger partial charge in [0.15, 0.2) is 9.84 Å². The quantitative estimate of drug-likeness (QED) is 0.718. The minimum absolute atomic E-state index is 0.0121. The minimum Gasteiger partial charge on any atom is -0.353 e. The van der Waals surface area contributed by atoms with E-state index in [9.17, 15) is 13.2 Å². The average molecular weight is 268 g/mol. The van der Waals surface area contributed by atoms with Crippen LogP contribution in [0.2, 0.25) is 0 Å². The van der Waals surface area contributed by atoms with Gasteiger partial charge in [0.2, 0.25) is 6.41 Å². The molecule has 2 atom stereocenters. The van der Waals surface area contributed by atoms with Crippen molar-refractivity contribution < 1.29 is 13.2 Å². The lowest BCUT2D eigenvalue weighted by atomic mass is 10.1. The predicted molar refractivity (Wildman–Crippen MR) is 68.7 cm³/mol. The molecular weight excluding hydrogens is 252 g/mol. The number of amides is 1. The van der Waals surface area contributed by atoms with Crippen molar-refractivity contribution >= 4 is 16.2 Å². The second kappa shape index (κ2) is 5.49. The Hall–Kier alpha value is -1.40. The highest BCUT2D eigenvalue weighted by molar-refractivity contribution is 7.91. The van der Waals surface area contributed by atoms with Gasteiger partial charge >= 0.3 is 0 Å². The molecule has 6 heteroatoms. The van der Waals surface area contributed by atoms with E-state index in [2.05, 4.69) is 10.6 Å². The van der Waals surface area contributed by atoms with E-state index in [1.54, 1.807) is 0 Å². The first-order chi connectivity index (χ1) is 8.61. The van der Waals surface area contributed by atoms with Gasteiger partial charge in [-0.15, -0.1) is 0 Å². The highest BCUT2D eigenvalue weighted by Crippen LogP contribution is 2.13. The first-order valence-corrected chi connectivity index (χ1v) is 7.60. The van der Waals surface area contributed by atoms with Crippen LogP contribution < -0.4 is 10.6 Å². The molecule has 1 aliphatic heterocycles. The van der Waals surface area contributed by atoms with Crippen LogP contribution in [-0.4, -0.2) is 38.4 Å². The number of carbonyl (C=O) groups excluding carboxylic acids is 1. The summed E-state index contributed by atoms with van der Waals surface area (Å²) >= 11 is 0. The van der Waals surface area contributed by atoms with Gasteiger partial charge in [0.1, 0.15) is 0 Å². The number of rotatable bonds is 5. The van der Waals surface area contributed by atoms with Crippen LogP contribution in [0.4, 0.5) is 0 Å². The van der Waals surface area contributed by atoms with Gasteiger partial charge in [-0.2, -0.15) is 0 Å². The summed E-state index contributed by atoms with van der Waals surface area (Å²) in [6, 6.07) is 9.18. The van der Waals surface area contributed by atoms with Crippen molar-refractivity contribution in [2.24, 2.45) is 0 Å². The Bertz CT molecular complexity index is 501. The van der Waals surface area contributed by atoms with Crippen LogP contribution in [0.15, 0.2) is 30.3 Å². The van der Waals surface area contributed by atoms with Gasteiger partial charge in [-0.1, -0.05) is 30.3 Å². The molecule has 2 N–H and O–H groups in total. The summed E-state index contributed by atoms with van der Waals surface area (Å²) in [5.41, 5.74) is 1.09. The van der Waals surface area contributed by atoms with Gasteiger partial charge in [0.05, 0.1) is 17.5 Å². The molecule has 5 nitrogen and oxygen atoms in total. The van der Waals surface area contributed by atoms with Gasteiger partial charge in [-0.05, 0) is 5.56 Å². The van der Waals surface area contributed by atoms with E-state index < -0.39 is 9.84 Å². The number of nitrogens with one attached hydrogen (secondary N) is 2. The zero-order valence-corrected chi connectivity index (χ0v) is 10.7. The van der Waals surface area contributed by atoms with Crippen molar-refractivity contribution in [2.45, 2.75) is 18.6 Å². The summed E-state index contributed by atoms with van der Waals surface area (Å²) in [7, 11) is -3.06. The summed E-state index contributed by atoms with van der Waals surface area (Å²) in [6.45, 7) is 0.595. The van der Waals surface area contributed by atoms with Gasteiger partial charge in [-0.3, -0.25) is 4.79 Å². The Kier molecular flexibility index (Phi) is 3.98. The third-order valence-corrected chi connectivity index (χ3v) is 4.78. The summed E-state index contributed by atoms with van der Waals surface area (Å²) in [5, 5.41) is 5.75. The number of carbonyl (C=O) groups is 1. The maximum atomic E-state index is 11.5. The average Bonchev–Trinajstić information content (AvgIpc) is 2.63. The lowest BCUT2D eigenvalue weighted by Gasteiger charge is -2.18. The van der Waals surface area contributed by atoms with Gasteiger partial charge in [0.25, 0.3) is 0 Å². The lowest BCUT2D eigenvalue weighted by Crippen LogP contribution is -2.46. The number of benzene rings is 1. The van der Waals surface area contributed by atoms with E-state index in [1.807, 2.05) is 30.3 Å². The molecule has 0 bridgehead atoms. The summed E-state index contributed by atoms with van der Waals surface area (Å²) in [5.74, 6) is 0.0868. The lowest BCUT2D eigenvalue weighted by molar-refractivity contribution is -0.110. The minimum atomic E-state index is -3.06. The Morgan fingerprint density at radius 3 is 2.50 bits per heavy atom. The van der Waals surface area contributed by atoms with Crippen LogP contribution in [0.25, 0.3) is 0 Å². The first kappa shape index (κ1) is 13.0. The molecule has 98 valence electrons. The standard InChI is InChI=1S/C12H16N2O3S/c15-9-14-12-8-18(16,17)7-11(12)13-6-10-4-2-1-3-5-10/h1-5,9,11-13H,6-8H2,(H,14,15)/t11-,12-/m1/s1. The van der Waals surface area contributed by atoms with E-state index in [4.69, 9.17) is 0 Å². The molecule has 1 heterocycles. The molecule has 0 saturated carbocycles. The van der Waals surface area contributed by atoms with E-state index in [0.717, 1.165) is 5.56 Å². The SMILES string of the molecule is O=CN[C@@H]1CS(=O)(=O)C[C@H]1NCc1ccccc1. The second-order valence-electron chi connectivity index (χ2n) is 4.44. The molecule has 2 rings (SSSR count). The van der Waals surface area contributed by atoms with Crippen LogP contribution in [0.5, 0.6) is 0 Å².